The van der Waals surface area contributed by atoms with Crippen LogP contribution in [0.3, 0.4) is 0 Å². The van der Waals surface area contributed by atoms with Crippen molar-refractivity contribution in [3.05, 3.63) is 59.7 Å². The molecule has 4 atom stereocenters. The van der Waals surface area contributed by atoms with Gasteiger partial charge in [-0.2, -0.15) is 13.2 Å². The van der Waals surface area contributed by atoms with Gasteiger partial charge in [-0.1, -0.05) is 41.6 Å². The molecular formula is C25H27F3N6O2. The number of rotatable bonds is 5. The summed E-state index contributed by atoms with van der Waals surface area (Å²) in [6, 6.07) is 13.3. The molecule has 8 nitrogen and oxygen atoms in total. The van der Waals surface area contributed by atoms with Crippen LogP contribution in [0.4, 0.5) is 13.2 Å². The van der Waals surface area contributed by atoms with Gasteiger partial charge >= 0.3 is 6.18 Å². The van der Waals surface area contributed by atoms with E-state index in [4.69, 9.17) is 0 Å². The van der Waals surface area contributed by atoms with Gasteiger partial charge in [-0.05, 0) is 42.0 Å². The zero-order valence-corrected chi connectivity index (χ0v) is 19.7. The van der Waals surface area contributed by atoms with Gasteiger partial charge in [0.25, 0.3) is 0 Å². The first-order valence-corrected chi connectivity index (χ1v) is 11.9. The molecule has 190 valence electrons. The number of alkyl halides is 3. The molecule has 0 bridgehead atoms. The van der Waals surface area contributed by atoms with Gasteiger partial charge in [0.15, 0.2) is 0 Å². The first kappa shape index (κ1) is 24.2. The Labute approximate surface area is 205 Å². The molecular weight excluding hydrogens is 473 g/mol. The van der Waals surface area contributed by atoms with Gasteiger partial charge in [0.2, 0.25) is 11.8 Å². The number of carbonyl (C=O) groups is 2. The molecule has 0 radical (unpaired) electrons. The number of aryl methyl sites for hydroxylation is 1. The molecule has 2 aliphatic rings. The maximum absolute atomic E-state index is 13.6. The van der Waals surface area contributed by atoms with Gasteiger partial charge in [-0.25, -0.2) is 4.68 Å². The summed E-state index contributed by atoms with van der Waals surface area (Å²) in [7, 11) is 1.76. The Morgan fingerprint density at radius 2 is 1.92 bits per heavy atom. The third kappa shape index (κ3) is 4.79. The van der Waals surface area contributed by atoms with Gasteiger partial charge < -0.3 is 15.5 Å². The second kappa shape index (κ2) is 9.53. The van der Waals surface area contributed by atoms with Crippen molar-refractivity contribution in [1.82, 2.24) is 30.5 Å². The van der Waals surface area contributed by atoms with E-state index in [2.05, 4.69) is 20.9 Å². The van der Waals surface area contributed by atoms with E-state index >= 15 is 0 Å². The van der Waals surface area contributed by atoms with Gasteiger partial charge in [-0.15, -0.1) is 5.10 Å². The molecule has 5 rings (SSSR count). The number of fused-ring (bicyclic) bond motifs is 1. The van der Waals surface area contributed by atoms with Gasteiger partial charge in [0.05, 0.1) is 17.5 Å². The van der Waals surface area contributed by atoms with E-state index < -0.39 is 49.0 Å². The molecule has 2 fully saturated rings. The van der Waals surface area contributed by atoms with Crippen LogP contribution < -0.4 is 10.6 Å². The summed E-state index contributed by atoms with van der Waals surface area (Å²) in [6.45, 7) is 0.150. The number of carbonyl (C=O) groups excluding carboxylic acids is 2. The lowest BCUT2D eigenvalue weighted by atomic mass is 9.96. The summed E-state index contributed by atoms with van der Waals surface area (Å²) in [5.41, 5.74) is 3.29. The van der Waals surface area contributed by atoms with Gasteiger partial charge in [0.1, 0.15) is 11.6 Å². The third-order valence-electron chi connectivity index (χ3n) is 7.19. The van der Waals surface area contributed by atoms with E-state index in [0.29, 0.717) is 18.5 Å². The summed E-state index contributed by atoms with van der Waals surface area (Å²) in [4.78, 5) is 27.5. The Morgan fingerprint density at radius 3 is 2.67 bits per heavy atom. The Bertz CT molecular complexity index is 1260. The Hall–Kier alpha value is -3.47. The van der Waals surface area contributed by atoms with Crippen LogP contribution in [0.5, 0.6) is 0 Å². The van der Waals surface area contributed by atoms with Crippen molar-refractivity contribution in [3.8, 4) is 0 Å². The second-order valence-corrected chi connectivity index (χ2v) is 9.54. The number of halogens is 3. The van der Waals surface area contributed by atoms with Crippen LogP contribution in [-0.4, -0.2) is 63.1 Å². The van der Waals surface area contributed by atoms with Crippen molar-refractivity contribution in [2.24, 2.45) is 13.0 Å². The van der Waals surface area contributed by atoms with E-state index in [1.54, 1.807) is 23.9 Å². The highest BCUT2D eigenvalue weighted by molar-refractivity contribution is 5.90. The number of hydrogen-bond acceptors (Lipinski definition) is 5. The maximum atomic E-state index is 13.6. The molecule has 36 heavy (non-hydrogen) atoms. The van der Waals surface area contributed by atoms with Crippen LogP contribution in [0.1, 0.15) is 29.9 Å². The van der Waals surface area contributed by atoms with Crippen LogP contribution in [0.2, 0.25) is 0 Å². The fraction of sp³-hybridized carbons (Fsp3) is 0.440. The summed E-state index contributed by atoms with van der Waals surface area (Å²) in [5, 5.41) is 13.9. The lowest BCUT2D eigenvalue weighted by molar-refractivity contribution is -0.171. The predicted molar refractivity (Wildman–Crippen MR) is 126 cm³/mol. The minimum absolute atomic E-state index is 0.0874. The Balaban J connectivity index is 1.28. The summed E-state index contributed by atoms with van der Waals surface area (Å²) >= 11 is 0. The molecule has 3 aromatic rings. The second-order valence-electron chi connectivity index (χ2n) is 9.54. The van der Waals surface area contributed by atoms with Crippen LogP contribution >= 0.6 is 0 Å². The summed E-state index contributed by atoms with van der Waals surface area (Å²) in [6.07, 6.45) is -4.46. The molecule has 2 amide bonds. The van der Waals surface area contributed by atoms with Crippen molar-refractivity contribution in [1.29, 1.82) is 0 Å². The van der Waals surface area contributed by atoms with E-state index in [9.17, 15) is 22.8 Å². The van der Waals surface area contributed by atoms with Gasteiger partial charge in [0, 0.05) is 26.7 Å². The smallest absolute Gasteiger partial charge is 0.350 e. The van der Waals surface area contributed by atoms with Crippen LogP contribution in [0, 0.1) is 5.92 Å². The minimum atomic E-state index is -4.49. The Morgan fingerprint density at radius 1 is 1.14 bits per heavy atom. The first-order valence-electron chi connectivity index (χ1n) is 11.9. The number of likely N-dealkylation sites (tertiary alicyclic amines) is 1. The molecule has 0 aliphatic carbocycles. The number of nitrogens with one attached hydrogen (secondary N) is 2. The number of aromatic nitrogens is 3. The lowest BCUT2D eigenvalue weighted by Gasteiger charge is -2.27. The van der Waals surface area contributed by atoms with Gasteiger partial charge in [-0.3, -0.25) is 9.59 Å². The average molecular weight is 501 g/mol. The summed E-state index contributed by atoms with van der Waals surface area (Å²) < 4.78 is 42.4. The van der Waals surface area contributed by atoms with Crippen LogP contribution in [0.25, 0.3) is 11.0 Å². The minimum Gasteiger partial charge on any atom is -0.350 e. The van der Waals surface area contributed by atoms with Crippen molar-refractivity contribution in [2.45, 2.75) is 43.6 Å². The fourth-order valence-corrected chi connectivity index (χ4v) is 5.17. The van der Waals surface area contributed by atoms with Crippen molar-refractivity contribution in [2.75, 3.05) is 13.1 Å². The molecule has 2 saturated heterocycles. The maximum Gasteiger partial charge on any atom is 0.393 e. The van der Waals surface area contributed by atoms with Crippen molar-refractivity contribution in [3.63, 3.8) is 0 Å². The molecule has 2 aliphatic heterocycles. The molecule has 0 spiro atoms. The first-order chi connectivity index (χ1) is 17.2. The topological polar surface area (TPSA) is 92.2 Å². The number of benzene rings is 2. The summed E-state index contributed by atoms with van der Waals surface area (Å²) in [5.74, 6) is -2.70. The van der Waals surface area contributed by atoms with Crippen LogP contribution in [-0.2, 0) is 23.2 Å². The van der Waals surface area contributed by atoms with E-state index in [1.807, 2.05) is 36.4 Å². The molecule has 0 unspecified atom stereocenters. The standard InChI is InChI=1S/C25H27F3N6O2/c1-33-21-8-7-15(9-19(21)31-32-33)12-30-23(35)22-11-18(25(26,27)28)14-34(22)24(36)20-10-17(13-29-20)16-5-3-2-4-6-16/h2-9,17-18,20,22,29H,10-14H2,1H3,(H,30,35)/t17-,18+,20-,22+/m1/s1. The SMILES string of the molecule is Cn1nnc2cc(CNC(=O)[C@@H]3C[C@H](C(F)(F)F)CN3C(=O)[C@H]3C[C@@H](c4ccccc4)CN3)ccc21. The lowest BCUT2D eigenvalue weighted by Crippen LogP contribution is -2.51. The highest BCUT2D eigenvalue weighted by Gasteiger charge is 2.52. The predicted octanol–water partition coefficient (Wildman–Crippen LogP) is 2.51. The zero-order valence-electron chi connectivity index (χ0n) is 19.7. The van der Waals surface area contributed by atoms with Crippen molar-refractivity contribution < 1.29 is 22.8 Å². The molecule has 2 N–H and O–H groups in total. The Kier molecular flexibility index (Phi) is 6.42. The van der Waals surface area contributed by atoms with Crippen molar-refractivity contribution >= 4 is 22.8 Å². The van der Waals surface area contributed by atoms with Crippen LogP contribution in [0.15, 0.2) is 48.5 Å². The highest BCUT2D eigenvalue weighted by Crippen LogP contribution is 2.38. The molecule has 11 heteroatoms. The quantitative estimate of drug-likeness (QED) is 0.562. The normalized spacial score (nSPS) is 24.4. The zero-order chi connectivity index (χ0) is 25.4. The average Bonchev–Trinajstić information content (AvgIpc) is 3.61. The number of amides is 2. The van der Waals surface area contributed by atoms with E-state index in [0.717, 1.165) is 21.5 Å². The number of nitrogens with zero attached hydrogens (tertiary/aromatic N) is 4. The van der Waals surface area contributed by atoms with E-state index in [1.165, 1.54) is 0 Å². The molecule has 3 heterocycles. The number of hydrogen-bond donors (Lipinski definition) is 2. The monoisotopic (exact) mass is 500 g/mol. The molecule has 1 aromatic heterocycles. The van der Waals surface area contributed by atoms with E-state index in [-0.39, 0.29) is 12.5 Å². The largest absolute Gasteiger partial charge is 0.393 e. The third-order valence-corrected chi connectivity index (χ3v) is 7.19. The molecule has 2 aromatic carbocycles. The molecule has 0 saturated carbocycles. The highest BCUT2D eigenvalue weighted by atomic mass is 19.4. The fourth-order valence-electron chi connectivity index (χ4n) is 5.17.